The van der Waals surface area contributed by atoms with Gasteiger partial charge in [0, 0.05) is 11.6 Å². The summed E-state index contributed by atoms with van der Waals surface area (Å²) >= 11 is 0. The van der Waals surface area contributed by atoms with Gasteiger partial charge in [0.15, 0.2) is 0 Å². The first-order valence-corrected chi connectivity index (χ1v) is 4.48. The molecule has 0 aromatic rings. The highest BCUT2D eigenvalue weighted by Gasteiger charge is 2.24. The van der Waals surface area contributed by atoms with Crippen LogP contribution in [0.5, 0.6) is 0 Å². The van der Waals surface area contributed by atoms with Crippen LogP contribution >= 0.6 is 0 Å². The molecule has 0 radical (unpaired) electrons. The predicted octanol–water partition coefficient (Wildman–Crippen LogP) is -0.881. The first-order valence-electron chi connectivity index (χ1n) is 4.48. The van der Waals surface area contributed by atoms with Crippen LogP contribution in [0.1, 0.15) is 26.2 Å². The molecule has 8 N–H and O–H groups in total. The van der Waals surface area contributed by atoms with E-state index in [4.69, 9.17) is 22.9 Å². The second-order valence-electron chi connectivity index (χ2n) is 3.62. The van der Waals surface area contributed by atoms with E-state index in [9.17, 15) is 0 Å². The van der Waals surface area contributed by atoms with Crippen LogP contribution in [0.15, 0.2) is 0 Å². The van der Waals surface area contributed by atoms with Crippen molar-refractivity contribution in [2.75, 3.05) is 13.1 Å². The molecule has 0 bridgehead atoms. The third-order valence-electron chi connectivity index (χ3n) is 2.01. The number of nitrogens with two attached hydrogens (primary N) is 4. The van der Waals surface area contributed by atoms with Crippen molar-refractivity contribution in [1.82, 2.24) is 0 Å². The van der Waals surface area contributed by atoms with Gasteiger partial charge in [-0.3, -0.25) is 0 Å². The lowest BCUT2D eigenvalue weighted by atomic mass is 9.86. The zero-order valence-corrected chi connectivity index (χ0v) is 7.92. The van der Waals surface area contributed by atoms with Crippen molar-refractivity contribution in [1.29, 1.82) is 0 Å². The lowest BCUT2D eigenvalue weighted by molar-refractivity contribution is 0.328. The Hall–Kier alpha value is -0.160. The smallest absolute Gasteiger partial charge is 0.0193 e. The van der Waals surface area contributed by atoms with Crippen molar-refractivity contribution >= 4 is 0 Å². The van der Waals surface area contributed by atoms with E-state index in [1.165, 1.54) is 0 Å². The summed E-state index contributed by atoms with van der Waals surface area (Å²) in [5, 5.41) is 0. The normalized spacial score (nSPS) is 14.8. The molecule has 0 aliphatic heterocycles. The maximum absolute atomic E-state index is 6.08. The minimum Gasteiger partial charge on any atom is -0.330 e. The van der Waals surface area contributed by atoms with Gasteiger partial charge < -0.3 is 22.9 Å². The first-order chi connectivity index (χ1) is 5.54. The van der Waals surface area contributed by atoms with E-state index in [0.717, 1.165) is 19.3 Å². The van der Waals surface area contributed by atoms with Crippen molar-refractivity contribution in [2.24, 2.45) is 22.9 Å². The largest absolute Gasteiger partial charge is 0.330 e. The van der Waals surface area contributed by atoms with Gasteiger partial charge in [-0.2, -0.15) is 0 Å². The quantitative estimate of drug-likeness (QED) is 0.419. The van der Waals surface area contributed by atoms with Gasteiger partial charge in [-0.25, -0.2) is 0 Å². The summed E-state index contributed by atoms with van der Waals surface area (Å²) in [6.45, 7) is 3.15. The molecular formula is C8H22N4. The minimum atomic E-state index is -0.252. The van der Waals surface area contributed by atoms with Gasteiger partial charge >= 0.3 is 0 Å². The van der Waals surface area contributed by atoms with E-state index in [-0.39, 0.29) is 11.6 Å². The zero-order valence-electron chi connectivity index (χ0n) is 7.92. The second-order valence-corrected chi connectivity index (χ2v) is 3.62. The molecule has 0 aromatic carbocycles. The Kier molecular flexibility index (Phi) is 5.41. The molecule has 0 aliphatic rings. The van der Waals surface area contributed by atoms with Gasteiger partial charge in [-0.05, 0) is 39.3 Å². The molecule has 0 rings (SSSR count). The van der Waals surface area contributed by atoms with Gasteiger partial charge in [0.2, 0.25) is 0 Å². The molecule has 4 heteroatoms. The van der Waals surface area contributed by atoms with Crippen LogP contribution in [0.25, 0.3) is 0 Å². The van der Waals surface area contributed by atoms with Crippen LogP contribution in [0, 0.1) is 0 Å². The highest BCUT2D eigenvalue weighted by atomic mass is 14.8. The average molecular weight is 174 g/mol. The van der Waals surface area contributed by atoms with E-state index in [1.807, 2.05) is 6.92 Å². The van der Waals surface area contributed by atoms with E-state index in [2.05, 4.69) is 0 Å². The van der Waals surface area contributed by atoms with Gasteiger partial charge in [-0.15, -0.1) is 0 Å². The predicted molar refractivity (Wildman–Crippen MR) is 52.5 cm³/mol. The number of rotatable bonds is 6. The fourth-order valence-corrected chi connectivity index (χ4v) is 1.55. The van der Waals surface area contributed by atoms with E-state index < -0.39 is 0 Å². The fraction of sp³-hybridized carbons (Fsp3) is 1.00. The van der Waals surface area contributed by atoms with Crippen LogP contribution in [-0.4, -0.2) is 24.7 Å². The monoisotopic (exact) mass is 174 g/mol. The lowest BCUT2D eigenvalue weighted by Crippen LogP contribution is -2.47. The lowest BCUT2D eigenvalue weighted by Gasteiger charge is -2.30. The number of hydrogen-bond acceptors (Lipinski definition) is 4. The molecule has 0 spiro atoms. The summed E-state index contributed by atoms with van der Waals surface area (Å²) in [4.78, 5) is 0. The summed E-state index contributed by atoms with van der Waals surface area (Å²) in [6, 6.07) is 0.119. The summed E-state index contributed by atoms with van der Waals surface area (Å²) in [5.41, 5.74) is 22.4. The molecule has 1 unspecified atom stereocenters. The molecule has 0 aromatic heterocycles. The summed E-state index contributed by atoms with van der Waals surface area (Å²) in [5.74, 6) is 0. The van der Waals surface area contributed by atoms with Crippen molar-refractivity contribution in [2.45, 2.75) is 37.8 Å². The molecule has 0 saturated heterocycles. The van der Waals surface area contributed by atoms with Crippen molar-refractivity contribution in [3.63, 3.8) is 0 Å². The maximum atomic E-state index is 6.08. The van der Waals surface area contributed by atoms with Crippen LogP contribution in [-0.2, 0) is 0 Å². The highest BCUT2D eigenvalue weighted by molar-refractivity contribution is 4.87. The van der Waals surface area contributed by atoms with Crippen molar-refractivity contribution < 1.29 is 0 Å². The van der Waals surface area contributed by atoms with Crippen LogP contribution < -0.4 is 22.9 Å². The highest BCUT2D eigenvalue weighted by Crippen LogP contribution is 2.16. The Morgan fingerprint density at radius 1 is 1.17 bits per heavy atom. The van der Waals surface area contributed by atoms with Gasteiger partial charge in [0.1, 0.15) is 0 Å². The van der Waals surface area contributed by atoms with E-state index in [0.29, 0.717) is 13.1 Å². The SMILES string of the molecule is CC(N)CC(N)(CCN)CCN. The topological polar surface area (TPSA) is 104 Å². The standard InChI is InChI=1S/C8H22N4/c1-7(11)6-8(12,2-4-9)3-5-10/h7H,2-6,9-12H2,1H3. The Morgan fingerprint density at radius 3 is 1.83 bits per heavy atom. The Bertz CT molecular complexity index is 108. The summed E-state index contributed by atoms with van der Waals surface area (Å²) in [7, 11) is 0. The molecular weight excluding hydrogens is 152 g/mol. The van der Waals surface area contributed by atoms with Gasteiger partial charge in [-0.1, -0.05) is 0 Å². The molecule has 0 fully saturated rings. The third-order valence-corrected chi connectivity index (χ3v) is 2.01. The minimum absolute atomic E-state index is 0.119. The molecule has 4 nitrogen and oxygen atoms in total. The summed E-state index contributed by atoms with van der Waals surface area (Å²) in [6.07, 6.45) is 2.39. The number of hydrogen-bond donors (Lipinski definition) is 4. The molecule has 1 atom stereocenters. The third kappa shape index (κ3) is 4.66. The fourth-order valence-electron chi connectivity index (χ4n) is 1.55. The van der Waals surface area contributed by atoms with Crippen molar-refractivity contribution in [3.8, 4) is 0 Å². The Morgan fingerprint density at radius 2 is 1.58 bits per heavy atom. The van der Waals surface area contributed by atoms with Crippen molar-refractivity contribution in [3.05, 3.63) is 0 Å². The Balaban J connectivity index is 3.98. The molecule has 0 aliphatic carbocycles. The summed E-state index contributed by atoms with van der Waals surface area (Å²) < 4.78 is 0. The van der Waals surface area contributed by atoms with Gasteiger partial charge in [0.25, 0.3) is 0 Å². The molecule has 0 heterocycles. The average Bonchev–Trinajstić information content (AvgIpc) is 1.85. The first kappa shape index (κ1) is 11.8. The molecule has 0 amide bonds. The molecule has 74 valence electrons. The molecule has 12 heavy (non-hydrogen) atoms. The Labute approximate surface area is 74.7 Å². The second kappa shape index (κ2) is 5.48. The van der Waals surface area contributed by atoms with Gasteiger partial charge in [0.05, 0.1) is 0 Å². The van der Waals surface area contributed by atoms with Crippen LogP contribution in [0.2, 0.25) is 0 Å². The molecule has 0 saturated carbocycles. The zero-order chi connectivity index (χ0) is 9.61. The van der Waals surface area contributed by atoms with Crippen LogP contribution in [0.4, 0.5) is 0 Å². The van der Waals surface area contributed by atoms with E-state index in [1.54, 1.807) is 0 Å². The van der Waals surface area contributed by atoms with Crippen LogP contribution in [0.3, 0.4) is 0 Å². The maximum Gasteiger partial charge on any atom is 0.0193 e. The van der Waals surface area contributed by atoms with E-state index >= 15 is 0 Å².